The fraction of sp³-hybridized carbons (Fsp3) is 0.429. The van der Waals surface area contributed by atoms with Crippen LogP contribution in [0.15, 0.2) is 36.4 Å². The van der Waals surface area contributed by atoms with E-state index in [9.17, 15) is 0 Å². The Kier molecular flexibility index (Phi) is 7.41. The zero-order valence-electron chi connectivity index (χ0n) is 10.3. The Hall–Kier alpha value is -0.440. The summed E-state index contributed by atoms with van der Waals surface area (Å²) >= 11 is 7.96. The zero-order valence-corrected chi connectivity index (χ0v) is 11.9. The topological polar surface area (TPSA) is 12.0 Å². The van der Waals surface area contributed by atoms with Crippen LogP contribution in [0.4, 0.5) is 0 Å². The predicted molar refractivity (Wildman–Crippen MR) is 79.9 cm³/mol. The molecule has 1 rings (SSSR count). The van der Waals surface area contributed by atoms with Crippen LogP contribution < -0.4 is 5.32 Å². The second-order valence-corrected chi connectivity index (χ2v) is 5.40. The Balaban J connectivity index is 2.19. The molecule has 0 fully saturated rings. The average Bonchev–Trinajstić information content (AvgIpc) is 2.32. The van der Waals surface area contributed by atoms with E-state index in [2.05, 4.69) is 24.9 Å². The molecule has 0 bridgehead atoms. The summed E-state index contributed by atoms with van der Waals surface area (Å²) < 4.78 is 0. The van der Waals surface area contributed by atoms with Crippen LogP contribution in [0.25, 0.3) is 0 Å². The molecule has 17 heavy (non-hydrogen) atoms. The van der Waals surface area contributed by atoms with E-state index in [-0.39, 0.29) is 0 Å². The molecule has 0 radical (unpaired) electrons. The minimum atomic E-state index is 0.856. The van der Waals surface area contributed by atoms with Crippen LogP contribution in [0, 0.1) is 0 Å². The molecular formula is C14H20ClNS. The highest BCUT2D eigenvalue weighted by molar-refractivity contribution is 7.98. The normalized spacial score (nSPS) is 10.5. The molecule has 0 aliphatic heterocycles. The number of rotatable bonds is 8. The van der Waals surface area contributed by atoms with Crippen molar-refractivity contribution in [3.63, 3.8) is 0 Å². The number of hydrogen-bond acceptors (Lipinski definition) is 2. The zero-order chi connectivity index (χ0) is 12.5. The van der Waals surface area contributed by atoms with Crippen molar-refractivity contribution in [2.75, 3.05) is 18.8 Å². The Bertz CT molecular complexity index is 352. The fourth-order valence-corrected chi connectivity index (χ4v) is 2.66. The molecule has 0 aromatic heterocycles. The van der Waals surface area contributed by atoms with Crippen molar-refractivity contribution in [1.82, 2.24) is 5.32 Å². The summed E-state index contributed by atoms with van der Waals surface area (Å²) in [5, 5.41) is 4.21. The molecule has 1 aromatic carbocycles. The first-order valence-corrected chi connectivity index (χ1v) is 7.45. The third kappa shape index (κ3) is 6.16. The van der Waals surface area contributed by atoms with Gasteiger partial charge in [0.1, 0.15) is 0 Å². The molecule has 0 aliphatic carbocycles. The number of nitrogens with one attached hydrogen (secondary N) is 1. The van der Waals surface area contributed by atoms with Crippen molar-refractivity contribution < 1.29 is 0 Å². The van der Waals surface area contributed by atoms with Crippen LogP contribution in [0.3, 0.4) is 0 Å². The number of thioether (sulfide) groups is 1. The monoisotopic (exact) mass is 269 g/mol. The fourth-order valence-electron chi connectivity index (χ4n) is 1.41. The lowest BCUT2D eigenvalue weighted by Crippen LogP contribution is -2.18. The molecule has 0 heterocycles. The highest BCUT2D eigenvalue weighted by atomic mass is 35.5. The van der Waals surface area contributed by atoms with Gasteiger partial charge in [-0.25, -0.2) is 0 Å². The third-order valence-corrected chi connectivity index (χ3v) is 3.82. The van der Waals surface area contributed by atoms with Gasteiger partial charge in [-0.1, -0.05) is 48.9 Å². The van der Waals surface area contributed by atoms with Gasteiger partial charge in [0.05, 0.1) is 0 Å². The van der Waals surface area contributed by atoms with Crippen molar-refractivity contribution in [3.8, 4) is 0 Å². The van der Waals surface area contributed by atoms with E-state index in [0.29, 0.717) is 0 Å². The van der Waals surface area contributed by atoms with Gasteiger partial charge in [-0.05, 0) is 24.6 Å². The van der Waals surface area contributed by atoms with E-state index in [1.54, 1.807) is 0 Å². The highest BCUT2D eigenvalue weighted by Gasteiger charge is 2.00. The average molecular weight is 270 g/mol. The minimum absolute atomic E-state index is 0.856. The molecule has 0 saturated carbocycles. The molecule has 0 spiro atoms. The van der Waals surface area contributed by atoms with E-state index >= 15 is 0 Å². The third-order valence-electron chi connectivity index (χ3n) is 2.32. The summed E-state index contributed by atoms with van der Waals surface area (Å²) in [6.45, 7) is 8.22. The number of halogens is 1. The summed E-state index contributed by atoms with van der Waals surface area (Å²) in [5.74, 6) is 1.94. The maximum Gasteiger partial charge on any atom is 0.0446 e. The summed E-state index contributed by atoms with van der Waals surface area (Å²) in [4.78, 5) is 0. The first-order chi connectivity index (χ1) is 8.24. The van der Waals surface area contributed by atoms with Gasteiger partial charge in [-0.15, -0.1) is 0 Å². The highest BCUT2D eigenvalue weighted by Crippen LogP contribution is 2.21. The molecule has 3 heteroatoms. The van der Waals surface area contributed by atoms with Gasteiger partial charge < -0.3 is 5.32 Å². The van der Waals surface area contributed by atoms with Gasteiger partial charge in [0.25, 0.3) is 0 Å². The Labute approximate surface area is 114 Å². The van der Waals surface area contributed by atoms with Crippen molar-refractivity contribution in [3.05, 3.63) is 47.0 Å². The maximum atomic E-state index is 6.09. The maximum absolute atomic E-state index is 6.09. The van der Waals surface area contributed by atoms with Crippen LogP contribution in [-0.4, -0.2) is 18.8 Å². The lowest BCUT2D eigenvalue weighted by molar-refractivity contribution is 0.716. The van der Waals surface area contributed by atoms with Crippen LogP contribution in [0.5, 0.6) is 0 Å². The molecule has 1 N–H and O–H groups in total. The van der Waals surface area contributed by atoms with Crippen LogP contribution >= 0.6 is 23.4 Å². The Morgan fingerprint density at radius 1 is 1.41 bits per heavy atom. The molecule has 0 aliphatic rings. The summed E-state index contributed by atoms with van der Waals surface area (Å²) in [7, 11) is 0. The first-order valence-electron chi connectivity index (χ1n) is 5.92. The van der Waals surface area contributed by atoms with Gasteiger partial charge in [-0.2, -0.15) is 11.8 Å². The van der Waals surface area contributed by atoms with Crippen molar-refractivity contribution >= 4 is 23.4 Å². The molecule has 0 saturated heterocycles. The van der Waals surface area contributed by atoms with Gasteiger partial charge in [-0.3, -0.25) is 0 Å². The molecule has 0 unspecified atom stereocenters. The quantitative estimate of drug-likeness (QED) is 0.563. The summed E-state index contributed by atoms with van der Waals surface area (Å²) in [5.41, 5.74) is 2.45. The first kappa shape index (κ1) is 14.6. The molecule has 1 aromatic rings. The lowest BCUT2D eigenvalue weighted by atomic mass is 10.2. The van der Waals surface area contributed by atoms with Gasteiger partial charge in [0, 0.05) is 23.1 Å². The Morgan fingerprint density at radius 3 is 2.88 bits per heavy atom. The SMILES string of the molecule is C=C(CNCCC)CSCc1ccccc1Cl. The Morgan fingerprint density at radius 2 is 2.18 bits per heavy atom. The van der Waals surface area contributed by atoms with E-state index in [4.69, 9.17) is 11.6 Å². The van der Waals surface area contributed by atoms with E-state index in [1.807, 2.05) is 30.0 Å². The molecular weight excluding hydrogens is 250 g/mol. The van der Waals surface area contributed by atoms with E-state index in [0.717, 1.165) is 29.6 Å². The van der Waals surface area contributed by atoms with Crippen LogP contribution in [-0.2, 0) is 5.75 Å². The smallest absolute Gasteiger partial charge is 0.0446 e. The van der Waals surface area contributed by atoms with Gasteiger partial charge in [0.15, 0.2) is 0 Å². The van der Waals surface area contributed by atoms with Crippen LogP contribution in [0.2, 0.25) is 5.02 Å². The number of hydrogen-bond donors (Lipinski definition) is 1. The van der Waals surface area contributed by atoms with Crippen molar-refractivity contribution in [1.29, 1.82) is 0 Å². The molecule has 0 amide bonds. The molecule has 0 atom stereocenters. The standard InChI is InChI=1S/C14H20ClNS/c1-3-8-16-9-12(2)10-17-11-13-6-4-5-7-14(13)15/h4-7,16H,2-3,8-11H2,1H3. The number of benzene rings is 1. The predicted octanol–water partition coefficient (Wildman–Crippen LogP) is 4.13. The second kappa shape index (κ2) is 8.62. The molecule has 1 nitrogen and oxygen atoms in total. The van der Waals surface area contributed by atoms with Gasteiger partial charge in [0.2, 0.25) is 0 Å². The van der Waals surface area contributed by atoms with E-state index in [1.165, 1.54) is 17.6 Å². The molecule has 94 valence electrons. The largest absolute Gasteiger partial charge is 0.313 e. The van der Waals surface area contributed by atoms with Crippen LogP contribution in [0.1, 0.15) is 18.9 Å². The van der Waals surface area contributed by atoms with Gasteiger partial charge >= 0.3 is 0 Å². The van der Waals surface area contributed by atoms with Crippen molar-refractivity contribution in [2.24, 2.45) is 0 Å². The van der Waals surface area contributed by atoms with Crippen molar-refractivity contribution in [2.45, 2.75) is 19.1 Å². The second-order valence-electron chi connectivity index (χ2n) is 4.01. The summed E-state index contributed by atoms with van der Waals surface area (Å²) in [6, 6.07) is 8.01. The minimum Gasteiger partial charge on any atom is -0.313 e. The van der Waals surface area contributed by atoms with E-state index < -0.39 is 0 Å². The lowest BCUT2D eigenvalue weighted by Gasteiger charge is -2.07. The summed E-state index contributed by atoms with van der Waals surface area (Å²) in [6.07, 6.45) is 1.17.